The van der Waals surface area contributed by atoms with Crippen LogP contribution in [0.5, 0.6) is 0 Å². The number of nitro benzene ring substituents is 1. The Morgan fingerprint density at radius 2 is 2.03 bits per heavy atom. The van der Waals surface area contributed by atoms with Gasteiger partial charge < -0.3 is 19.4 Å². The van der Waals surface area contributed by atoms with Crippen molar-refractivity contribution in [1.82, 2.24) is 15.2 Å². The van der Waals surface area contributed by atoms with Gasteiger partial charge in [-0.2, -0.15) is 0 Å². The number of non-ortho nitro benzene ring substituents is 1. The SMILES string of the molecule is COCCCN1C(=S)N[C@@H](c2ccccn2)[C@H]1c1ccc(-c2ccc([N+](=O)[O-])cc2)o1. The van der Waals surface area contributed by atoms with Crippen LogP contribution in [-0.2, 0) is 4.74 Å². The van der Waals surface area contributed by atoms with Crippen molar-refractivity contribution in [3.05, 3.63) is 82.4 Å². The molecule has 3 heterocycles. The van der Waals surface area contributed by atoms with Crippen LogP contribution in [0, 0.1) is 10.1 Å². The molecule has 2 aromatic heterocycles. The van der Waals surface area contributed by atoms with Gasteiger partial charge >= 0.3 is 0 Å². The predicted molar refractivity (Wildman–Crippen MR) is 119 cm³/mol. The maximum atomic E-state index is 10.9. The van der Waals surface area contributed by atoms with E-state index < -0.39 is 4.92 Å². The lowest BCUT2D eigenvalue weighted by Gasteiger charge is -2.25. The number of nitro groups is 1. The van der Waals surface area contributed by atoms with Crippen molar-refractivity contribution in [3.8, 4) is 11.3 Å². The summed E-state index contributed by atoms with van der Waals surface area (Å²) in [5.74, 6) is 1.38. The number of methoxy groups -OCH3 is 1. The Labute approximate surface area is 185 Å². The van der Waals surface area contributed by atoms with E-state index >= 15 is 0 Å². The minimum atomic E-state index is -0.419. The molecule has 3 aromatic rings. The lowest BCUT2D eigenvalue weighted by atomic mass is 10.0. The fourth-order valence-corrected chi connectivity index (χ4v) is 4.08. The van der Waals surface area contributed by atoms with Crippen LogP contribution in [0.1, 0.15) is 30.0 Å². The number of hydrogen-bond acceptors (Lipinski definition) is 6. The van der Waals surface area contributed by atoms with Crippen LogP contribution in [-0.4, -0.2) is 40.2 Å². The van der Waals surface area contributed by atoms with Gasteiger partial charge in [-0.05, 0) is 55.0 Å². The number of rotatable bonds is 8. The largest absolute Gasteiger partial charge is 0.459 e. The first-order chi connectivity index (χ1) is 15.1. The fraction of sp³-hybridized carbons (Fsp3) is 0.273. The molecule has 2 atom stereocenters. The molecule has 1 aliphatic heterocycles. The van der Waals surface area contributed by atoms with Crippen molar-refractivity contribution in [2.24, 2.45) is 0 Å². The summed E-state index contributed by atoms with van der Waals surface area (Å²) in [5.41, 5.74) is 1.68. The smallest absolute Gasteiger partial charge is 0.269 e. The van der Waals surface area contributed by atoms with Gasteiger partial charge in [-0.1, -0.05) is 6.07 Å². The van der Waals surface area contributed by atoms with E-state index in [2.05, 4.69) is 15.2 Å². The average molecular weight is 439 g/mol. The molecule has 1 fully saturated rings. The van der Waals surface area contributed by atoms with E-state index in [0.717, 1.165) is 23.4 Å². The highest BCUT2D eigenvalue weighted by atomic mass is 32.1. The molecule has 0 aliphatic carbocycles. The molecule has 0 radical (unpaired) electrons. The maximum Gasteiger partial charge on any atom is 0.269 e. The summed E-state index contributed by atoms with van der Waals surface area (Å²) in [6.45, 7) is 1.34. The Kier molecular flexibility index (Phi) is 6.24. The molecule has 9 heteroatoms. The third-order valence-corrected chi connectivity index (χ3v) is 5.58. The Morgan fingerprint density at radius 3 is 2.71 bits per heavy atom. The molecule has 4 rings (SSSR count). The number of hydrogen-bond donors (Lipinski definition) is 1. The van der Waals surface area contributed by atoms with Crippen molar-refractivity contribution in [3.63, 3.8) is 0 Å². The van der Waals surface area contributed by atoms with Crippen LogP contribution in [0.25, 0.3) is 11.3 Å². The second-order valence-electron chi connectivity index (χ2n) is 7.17. The predicted octanol–water partition coefficient (Wildman–Crippen LogP) is 4.26. The van der Waals surface area contributed by atoms with Crippen molar-refractivity contribution < 1.29 is 14.1 Å². The molecule has 0 unspecified atom stereocenters. The summed E-state index contributed by atoms with van der Waals surface area (Å²) in [7, 11) is 1.68. The van der Waals surface area contributed by atoms with Gasteiger partial charge in [-0.15, -0.1) is 0 Å². The molecule has 160 valence electrons. The van der Waals surface area contributed by atoms with Gasteiger partial charge in [0, 0.05) is 44.2 Å². The first-order valence-corrected chi connectivity index (χ1v) is 10.3. The van der Waals surface area contributed by atoms with Gasteiger partial charge in [0.25, 0.3) is 5.69 Å². The zero-order valence-corrected chi connectivity index (χ0v) is 17.7. The van der Waals surface area contributed by atoms with Crippen LogP contribution < -0.4 is 5.32 Å². The van der Waals surface area contributed by atoms with Crippen LogP contribution in [0.3, 0.4) is 0 Å². The van der Waals surface area contributed by atoms with Crippen molar-refractivity contribution in [2.45, 2.75) is 18.5 Å². The molecule has 0 spiro atoms. The summed E-state index contributed by atoms with van der Waals surface area (Å²) < 4.78 is 11.4. The fourth-order valence-electron chi connectivity index (χ4n) is 3.75. The molecular formula is C22H22N4O4S. The summed E-state index contributed by atoms with van der Waals surface area (Å²) >= 11 is 5.62. The summed E-state index contributed by atoms with van der Waals surface area (Å²) in [4.78, 5) is 17.1. The van der Waals surface area contributed by atoms with Gasteiger partial charge in [-0.25, -0.2) is 0 Å². The molecule has 31 heavy (non-hydrogen) atoms. The van der Waals surface area contributed by atoms with E-state index in [1.807, 2.05) is 30.3 Å². The molecule has 1 saturated heterocycles. The van der Waals surface area contributed by atoms with E-state index in [1.54, 1.807) is 25.4 Å². The highest BCUT2D eigenvalue weighted by Gasteiger charge is 2.41. The topological polar surface area (TPSA) is 93.7 Å². The minimum Gasteiger partial charge on any atom is -0.459 e. The number of aromatic nitrogens is 1. The lowest BCUT2D eigenvalue weighted by Crippen LogP contribution is -2.31. The third-order valence-electron chi connectivity index (χ3n) is 5.23. The van der Waals surface area contributed by atoms with E-state index in [1.165, 1.54) is 12.1 Å². The zero-order valence-electron chi connectivity index (χ0n) is 16.9. The van der Waals surface area contributed by atoms with Crippen molar-refractivity contribution in [2.75, 3.05) is 20.3 Å². The summed E-state index contributed by atoms with van der Waals surface area (Å²) in [5, 5.41) is 14.9. The van der Waals surface area contributed by atoms with Crippen LogP contribution in [0.15, 0.2) is 65.2 Å². The molecular weight excluding hydrogens is 416 g/mol. The van der Waals surface area contributed by atoms with Gasteiger partial charge in [0.2, 0.25) is 0 Å². The Balaban J connectivity index is 1.66. The molecule has 0 saturated carbocycles. The maximum absolute atomic E-state index is 10.9. The third kappa shape index (κ3) is 4.42. The van der Waals surface area contributed by atoms with Gasteiger partial charge in [0.15, 0.2) is 5.11 Å². The first kappa shape index (κ1) is 21.0. The van der Waals surface area contributed by atoms with Crippen molar-refractivity contribution >= 4 is 23.0 Å². The molecule has 1 N–H and O–H groups in total. The second kappa shape index (κ2) is 9.23. The number of nitrogens with zero attached hydrogens (tertiary/aromatic N) is 3. The first-order valence-electron chi connectivity index (χ1n) is 9.90. The molecule has 1 aromatic carbocycles. The summed E-state index contributed by atoms with van der Waals surface area (Å²) in [6, 6.07) is 15.6. The zero-order chi connectivity index (χ0) is 21.8. The van der Waals surface area contributed by atoms with Crippen LogP contribution in [0.2, 0.25) is 0 Å². The highest BCUT2D eigenvalue weighted by molar-refractivity contribution is 7.80. The average Bonchev–Trinajstić information content (AvgIpc) is 3.39. The molecule has 0 amide bonds. The minimum absolute atomic E-state index is 0.0420. The Bertz CT molecular complexity index is 1050. The molecule has 8 nitrogen and oxygen atoms in total. The molecule has 1 aliphatic rings. The van der Waals surface area contributed by atoms with Crippen LogP contribution >= 0.6 is 12.2 Å². The quantitative estimate of drug-likeness (QED) is 0.241. The van der Waals surface area contributed by atoms with E-state index in [-0.39, 0.29) is 17.8 Å². The van der Waals surface area contributed by atoms with Gasteiger partial charge in [0.05, 0.1) is 16.7 Å². The Morgan fingerprint density at radius 1 is 1.23 bits per heavy atom. The number of ether oxygens (including phenoxy) is 1. The van der Waals surface area contributed by atoms with E-state index in [9.17, 15) is 10.1 Å². The number of pyridine rings is 1. The number of furan rings is 1. The second-order valence-corrected chi connectivity index (χ2v) is 7.56. The summed E-state index contributed by atoms with van der Waals surface area (Å²) in [6.07, 6.45) is 2.58. The normalized spacial score (nSPS) is 18.2. The Hall–Kier alpha value is -3.30. The van der Waals surface area contributed by atoms with Crippen molar-refractivity contribution in [1.29, 1.82) is 0 Å². The number of thiocarbonyl (C=S) groups is 1. The van der Waals surface area contributed by atoms with E-state index in [4.69, 9.17) is 21.4 Å². The number of nitrogens with one attached hydrogen (secondary N) is 1. The number of benzene rings is 1. The van der Waals surface area contributed by atoms with Gasteiger partial charge in [-0.3, -0.25) is 15.1 Å². The van der Waals surface area contributed by atoms with Gasteiger partial charge in [0.1, 0.15) is 17.6 Å². The lowest BCUT2D eigenvalue weighted by molar-refractivity contribution is -0.384. The standard InChI is InChI=1S/C22H22N4O4S/c1-29-14-4-13-25-21(20(24-22(25)31)17-5-2-3-12-23-17)19-11-10-18(30-19)15-6-8-16(9-7-15)26(27)28/h2-3,5-12,20-21H,4,13-14H2,1H3,(H,24,31)/t20-,21+/m0/s1. The molecule has 0 bridgehead atoms. The highest BCUT2D eigenvalue weighted by Crippen LogP contribution is 2.40. The monoisotopic (exact) mass is 438 g/mol. The van der Waals surface area contributed by atoms with E-state index in [0.29, 0.717) is 24.0 Å². The van der Waals surface area contributed by atoms with Crippen LogP contribution in [0.4, 0.5) is 5.69 Å².